The molecule has 1 N–H and O–H groups in total. The Morgan fingerprint density at radius 2 is 2.12 bits per heavy atom. The van der Waals surface area contributed by atoms with Gasteiger partial charge < -0.3 is 9.73 Å². The van der Waals surface area contributed by atoms with Gasteiger partial charge in [-0.1, -0.05) is 25.9 Å². The largest absolute Gasteiger partial charge is 0.408 e. The first-order valence-corrected chi connectivity index (χ1v) is 5.51. The highest BCUT2D eigenvalue weighted by molar-refractivity contribution is 5.20. The zero-order valence-corrected chi connectivity index (χ0v) is 10.6. The number of rotatable bonds is 3. The Morgan fingerprint density at radius 1 is 1.35 bits per heavy atom. The maximum atomic E-state index is 5.52. The molecular formula is C11H17N5O. The molecule has 0 aliphatic heterocycles. The van der Waals surface area contributed by atoms with Crippen molar-refractivity contribution in [1.82, 2.24) is 20.0 Å². The van der Waals surface area contributed by atoms with Gasteiger partial charge >= 0.3 is 6.01 Å². The minimum Gasteiger partial charge on any atom is -0.408 e. The SMILES string of the molecule is Cn1nccc1CNc1nnc(C(C)(C)C)o1. The van der Waals surface area contributed by atoms with E-state index >= 15 is 0 Å². The molecule has 0 fully saturated rings. The lowest BCUT2D eigenvalue weighted by Crippen LogP contribution is -2.11. The van der Waals surface area contributed by atoms with E-state index in [2.05, 4.69) is 20.6 Å². The molecule has 6 heteroatoms. The molecule has 92 valence electrons. The molecule has 0 bridgehead atoms. The van der Waals surface area contributed by atoms with Crippen LogP contribution >= 0.6 is 0 Å². The predicted octanol–water partition coefficient (Wildman–Crippen LogP) is 1.71. The number of anilines is 1. The molecule has 6 nitrogen and oxygen atoms in total. The highest BCUT2D eigenvalue weighted by atomic mass is 16.4. The molecule has 0 radical (unpaired) electrons. The zero-order valence-electron chi connectivity index (χ0n) is 10.6. The van der Waals surface area contributed by atoms with Gasteiger partial charge in [-0.05, 0) is 6.07 Å². The molecule has 2 aromatic rings. The summed E-state index contributed by atoms with van der Waals surface area (Å²) in [5.41, 5.74) is 0.930. The molecule has 0 spiro atoms. The van der Waals surface area contributed by atoms with E-state index in [0.717, 1.165) is 5.69 Å². The normalized spacial score (nSPS) is 11.8. The summed E-state index contributed by atoms with van der Waals surface area (Å²) in [6.45, 7) is 6.71. The van der Waals surface area contributed by atoms with E-state index < -0.39 is 0 Å². The van der Waals surface area contributed by atoms with Crippen molar-refractivity contribution in [2.75, 3.05) is 5.32 Å². The fourth-order valence-corrected chi connectivity index (χ4v) is 1.34. The average molecular weight is 235 g/mol. The van der Waals surface area contributed by atoms with Crippen molar-refractivity contribution < 1.29 is 4.42 Å². The lowest BCUT2D eigenvalue weighted by Gasteiger charge is -2.11. The number of aryl methyl sites for hydroxylation is 1. The van der Waals surface area contributed by atoms with E-state index in [1.165, 1.54) is 0 Å². The highest BCUT2D eigenvalue weighted by Crippen LogP contribution is 2.21. The van der Waals surface area contributed by atoms with Crippen LogP contribution in [0.15, 0.2) is 16.7 Å². The van der Waals surface area contributed by atoms with Crippen molar-refractivity contribution >= 4 is 6.01 Å². The van der Waals surface area contributed by atoms with Gasteiger partial charge in [0, 0.05) is 18.7 Å². The van der Waals surface area contributed by atoms with Crippen LogP contribution in [-0.2, 0) is 19.0 Å². The van der Waals surface area contributed by atoms with Gasteiger partial charge in [0.25, 0.3) is 0 Å². The minimum absolute atomic E-state index is 0.126. The number of hydrogen-bond acceptors (Lipinski definition) is 5. The molecule has 17 heavy (non-hydrogen) atoms. The first-order chi connectivity index (χ1) is 7.97. The Morgan fingerprint density at radius 3 is 2.65 bits per heavy atom. The lowest BCUT2D eigenvalue weighted by molar-refractivity contribution is 0.399. The Labute approximate surface area is 100 Å². The van der Waals surface area contributed by atoms with Crippen LogP contribution in [0.1, 0.15) is 32.4 Å². The van der Waals surface area contributed by atoms with Gasteiger partial charge in [-0.25, -0.2) is 0 Å². The van der Waals surface area contributed by atoms with Crippen LogP contribution in [0.4, 0.5) is 6.01 Å². The number of nitrogens with zero attached hydrogens (tertiary/aromatic N) is 4. The van der Waals surface area contributed by atoms with Crippen LogP contribution < -0.4 is 5.32 Å². The van der Waals surface area contributed by atoms with E-state index in [9.17, 15) is 0 Å². The molecule has 0 saturated heterocycles. The molecule has 0 aromatic carbocycles. The smallest absolute Gasteiger partial charge is 0.315 e. The predicted molar refractivity (Wildman–Crippen MR) is 63.5 cm³/mol. The van der Waals surface area contributed by atoms with Gasteiger partial charge in [0.05, 0.1) is 12.2 Å². The Balaban J connectivity index is 2.01. The van der Waals surface area contributed by atoms with Gasteiger partial charge in [-0.15, -0.1) is 5.10 Å². The highest BCUT2D eigenvalue weighted by Gasteiger charge is 2.21. The Hall–Kier alpha value is -1.85. The van der Waals surface area contributed by atoms with Gasteiger partial charge in [0.15, 0.2) is 0 Å². The molecule has 0 aliphatic carbocycles. The van der Waals surface area contributed by atoms with Crippen molar-refractivity contribution in [3.8, 4) is 0 Å². The maximum absolute atomic E-state index is 5.52. The molecule has 0 amide bonds. The molecule has 0 atom stereocenters. The van der Waals surface area contributed by atoms with Gasteiger partial charge in [-0.2, -0.15) is 5.10 Å². The van der Waals surface area contributed by atoms with E-state index in [-0.39, 0.29) is 5.41 Å². The van der Waals surface area contributed by atoms with Crippen molar-refractivity contribution in [2.45, 2.75) is 32.7 Å². The van der Waals surface area contributed by atoms with Gasteiger partial charge in [0.1, 0.15) is 0 Å². The monoisotopic (exact) mass is 235 g/mol. The Bertz CT molecular complexity index is 494. The van der Waals surface area contributed by atoms with Crippen LogP contribution in [0.5, 0.6) is 0 Å². The van der Waals surface area contributed by atoms with Gasteiger partial charge in [0.2, 0.25) is 5.89 Å². The molecule has 2 rings (SSSR count). The fraction of sp³-hybridized carbons (Fsp3) is 0.545. The number of aromatic nitrogens is 4. The quantitative estimate of drug-likeness (QED) is 0.877. The summed E-state index contributed by atoms with van der Waals surface area (Å²) < 4.78 is 7.32. The maximum Gasteiger partial charge on any atom is 0.315 e. The zero-order chi connectivity index (χ0) is 12.5. The first kappa shape index (κ1) is 11.6. The van der Waals surface area contributed by atoms with E-state index in [0.29, 0.717) is 18.5 Å². The summed E-state index contributed by atoms with van der Waals surface area (Å²) in [7, 11) is 1.89. The van der Waals surface area contributed by atoms with Crippen LogP contribution in [0, 0.1) is 0 Å². The molecule has 0 aliphatic rings. The first-order valence-electron chi connectivity index (χ1n) is 5.51. The summed E-state index contributed by atoms with van der Waals surface area (Å²) in [5.74, 6) is 0.630. The van der Waals surface area contributed by atoms with Crippen LogP contribution in [0.3, 0.4) is 0 Å². The second kappa shape index (κ2) is 4.20. The van der Waals surface area contributed by atoms with Crippen LogP contribution in [-0.4, -0.2) is 20.0 Å². The summed E-state index contributed by atoms with van der Waals surface area (Å²) in [6.07, 6.45) is 1.76. The third-order valence-electron chi connectivity index (χ3n) is 2.41. The Kier molecular flexibility index (Phi) is 2.87. The third-order valence-corrected chi connectivity index (χ3v) is 2.41. The lowest BCUT2D eigenvalue weighted by atomic mass is 9.97. The summed E-state index contributed by atoms with van der Waals surface area (Å²) in [6, 6.07) is 2.38. The minimum atomic E-state index is -0.126. The molecular weight excluding hydrogens is 218 g/mol. The van der Waals surface area contributed by atoms with E-state index in [1.807, 2.05) is 33.9 Å². The van der Waals surface area contributed by atoms with Gasteiger partial charge in [-0.3, -0.25) is 4.68 Å². The van der Waals surface area contributed by atoms with Crippen molar-refractivity contribution in [3.63, 3.8) is 0 Å². The van der Waals surface area contributed by atoms with E-state index in [1.54, 1.807) is 10.9 Å². The van der Waals surface area contributed by atoms with Crippen LogP contribution in [0.2, 0.25) is 0 Å². The van der Waals surface area contributed by atoms with Crippen molar-refractivity contribution in [2.24, 2.45) is 7.05 Å². The number of hydrogen-bond donors (Lipinski definition) is 1. The molecule has 0 unspecified atom stereocenters. The average Bonchev–Trinajstić information content (AvgIpc) is 2.82. The molecule has 2 heterocycles. The topological polar surface area (TPSA) is 68.8 Å². The fourth-order valence-electron chi connectivity index (χ4n) is 1.34. The van der Waals surface area contributed by atoms with Crippen molar-refractivity contribution in [3.05, 3.63) is 23.8 Å². The molecule has 0 saturated carbocycles. The second-order valence-corrected chi connectivity index (χ2v) is 4.96. The van der Waals surface area contributed by atoms with Crippen LogP contribution in [0.25, 0.3) is 0 Å². The summed E-state index contributed by atoms with van der Waals surface area (Å²) in [5, 5.41) is 15.1. The third kappa shape index (κ3) is 2.64. The summed E-state index contributed by atoms with van der Waals surface area (Å²) >= 11 is 0. The van der Waals surface area contributed by atoms with Crippen molar-refractivity contribution in [1.29, 1.82) is 0 Å². The second-order valence-electron chi connectivity index (χ2n) is 4.96. The summed E-state index contributed by atoms with van der Waals surface area (Å²) in [4.78, 5) is 0. The standard InChI is InChI=1S/C11H17N5O/c1-11(2,3)9-14-15-10(17-9)12-7-8-5-6-13-16(8)4/h5-6H,7H2,1-4H3,(H,12,15). The molecule has 2 aromatic heterocycles. The van der Waals surface area contributed by atoms with E-state index in [4.69, 9.17) is 4.42 Å². The number of nitrogens with one attached hydrogen (secondary N) is 1.